The van der Waals surface area contributed by atoms with Gasteiger partial charge in [-0.25, -0.2) is 4.98 Å². The summed E-state index contributed by atoms with van der Waals surface area (Å²) in [6.07, 6.45) is 3.41. The van der Waals surface area contributed by atoms with Gasteiger partial charge in [0.05, 0.1) is 12.5 Å². The smallest absolute Gasteiger partial charge is 0.320 e. The summed E-state index contributed by atoms with van der Waals surface area (Å²) < 4.78 is 6.63. The van der Waals surface area contributed by atoms with Crippen LogP contribution in [0.5, 0.6) is 0 Å². The van der Waals surface area contributed by atoms with Crippen LogP contribution >= 0.6 is 11.6 Å². The zero-order valence-corrected chi connectivity index (χ0v) is 8.56. The van der Waals surface area contributed by atoms with E-state index in [-0.39, 0.29) is 5.35 Å². The van der Waals surface area contributed by atoms with Crippen molar-refractivity contribution in [1.29, 1.82) is 0 Å². The predicted molar refractivity (Wildman–Crippen MR) is 50.9 cm³/mol. The molecule has 2 heterocycles. The Morgan fingerprint density at radius 3 is 2.86 bits per heavy atom. The Morgan fingerprint density at radius 1 is 1.50 bits per heavy atom. The molecule has 0 radical (unpaired) electrons. The van der Waals surface area contributed by atoms with Gasteiger partial charge >= 0.3 is 5.35 Å². The average molecular weight is 213 g/mol. The highest BCUT2D eigenvalue weighted by Crippen LogP contribution is 2.20. The molecule has 14 heavy (non-hydrogen) atoms. The van der Waals surface area contributed by atoms with E-state index in [1.54, 1.807) is 12.5 Å². The van der Waals surface area contributed by atoms with E-state index in [4.69, 9.17) is 11.6 Å². The van der Waals surface area contributed by atoms with Crippen molar-refractivity contribution >= 4 is 11.6 Å². The number of hydrogen-bond donors (Lipinski definition) is 0. The zero-order valence-electron chi connectivity index (χ0n) is 7.81. The number of imidazole rings is 1. The van der Waals surface area contributed by atoms with Crippen LogP contribution in [-0.4, -0.2) is 19.7 Å². The van der Waals surface area contributed by atoms with Crippen molar-refractivity contribution in [1.82, 2.24) is 19.7 Å². The monoisotopic (exact) mass is 212 g/mol. The van der Waals surface area contributed by atoms with Crippen molar-refractivity contribution in [2.45, 2.75) is 19.9 Å². The Labute approximate surface area is 85.7 Å². The highest BCUT2D eigenvalue weighted by molar-refractivity contribution is 6.27. The maximum absolute atomic E-state index is 5.54. The molecule has 0 atom stereocenters. The molecule has 0 spiro atoms. The third-order valence-electron chi connectivity index (χ3n) is 1.85. The molecule has 0 aliphatic rings. The molecule has 0 aliphatic carbocycles. The van der Waals surface area contributed by atoms with E-state index in [0.29, 0.717) is 11.9 Å². The Hall–Kier alpha value is -1.36. The summed E-state index contributed by atoms with van der Waals surface area (Å²) in [5.41, 5.74) is 0.802. The number of aromatic nitrogens is 4. The van der Waals surface area contributed by atoms with Crippen LogP contribution in [0.2, 0.25) is 5.35 Å². The number of hydrogen-bond acceptors (Lipinski definition) is 4. The molecule has 0 saturated carbocycles. The first kappa shape index (κ1) is 9.21. The molecular formula is C8H9ClN4O. The van der Waals surface area contributed by atoms with E-state index in [1.807, 2.05) is 18.4 Å². The second-order valence-corrected chi connectivity index (χ2v) is 3.47. The lowest BCUT2D eigenvalue weighted by atomic mass is 10.3. The van der Waals surface area contributed by atoms with E-state index in [1.165, 1.54) is 0 Å². The summed E-state index contributed by atoms with van der Waals surface area (Å²) in [7, 11) is 0. The second-order valence-electron chi connectivity index (χ2n) is 3.15. The third-order valence-corrected chi connectivity index (χ3v) is 2.01. The van der Waals surface area contributed by atoms with Crippen molar-refractivity contribution in [2.24, 2.45) is 0 Å². The largest absolute Gasteiger partial charge is 0.325 e. The van der Waals surface area contributed by atoms with E-state index < -0.39 is 0 Å². The van der Waals surface area contributed by atoms with Gasteiger partial charge in [-0.1, -0.05) is 5.16 Å². The lowest BCUT2D eigenvalue weighted by Gasteiger charge is -2.08. The first-order chi connectivity index (χ1) is 6.68. The molecular weight excluding hydrogens is 204 g/mol. The molecule has 0 N–H and O–H groups in total. The Morgan fingerprint density at radius 2 is 2.29 bits per heavy atom. The van der Waals surface area contributed by atoms with Crippen LogP contribution in [0.25, 0.3) is 11.5 Å². The lowest BCUT2D eigenvalue weighted by molar-refractivity contribution is 0.420. The molecule has 0 bridgehead atoms. The molecule has 0 fully saturated rings. The fourth-order valence-electron chi connectivity index (χ4n) is 1.20. The van der Waals surface area contributed by atoms with Gasteiger partial charge in [0.25, 0.3) is 0 Å². The van der Waals surface area contributed by atoms with Gasteiger partial charge in [-0.15, -0.1) is 0 Å². The van der Waals surface area contributed by atoms with Gasteiger partial charge in [0.15, 0.2) is 0 Å². The molecule has 2 aromatic rings. The molecule has 2 aromatic heterocycles. The highest BCUT2D eigenvalue weighted by Gasteiger charge is 2.13. The van der Waals surface area contributed by atoms with Gasteiger partial charge < -0.3 is 9.09 Å². The van der Waals surface area contributed by atoms with Gasteiger partial charge in [0.1, 0.15) is 5.69 Å². The van der Waals surface area contributed by atoms with Crippen molar-refractivity contribution in [3.05, 3.63) is 17.9 Å². The van der Waals surface area contributed by atoms with Gasteiger partial charge in [0, 0.05) is 6.04 Å². The summed E-state index contributed by atoms with van der Waals surface area (Å²) in [5, 5.41) is 3.76. The minimum atomic E-state index is 0.0384. The SMILES string of the molecule is CC(C)n1cncc1-c1noc(Cl)n1. The molecule has 6 heteroatoms. The topological polar surface area (TPSA) is 56.7 Å². The lowest BCUT2D eigenvalue weighted by Crippen LogP contribution is -2.01. The minimum absolute atomic E-state index is 0.0384. The maximum Gasteiger partial charge on any atom is 0.320 e. The molecule has 0 aromatic carbocycles. The van der Waals surface area contributed by atoms with Gasteiger partial charge in [0.2, 0.25) is 5.82 Å². The number of rotatable bonds is 2. The quantitative estimate of drug-likeness (QED) is 0.766. The summed E-state index contributed by atoms with van der Waals surface area (Å²) in [6.45, 7) is 4.10. The van der Waals surface area contributed by atoms with Gasteiger partial charge in [-0.05, 0) is 25.4 Å². The van der Waals surface area contributed by atoms with Crippen LogP contribution in [0, 0.1) is 0 Å². The van der Waals surface area contributed by atoms with E-state index in [9.17, 15) is 0 Å². The Bertz CT molecular complexity index is 434. The van der Waals surface area contributed by atoms with Crippen molar-refractivity contribution < 1.29 is 4.52 Å². The molecule has 0 amide bonds. The van der Waals surface area contributed by atoms with Crippen LogP contribution in [0.1, 0.15) is 19.9 Å². The van der Waals surface area contributed by atoms with Crippen LogP contribution in [0.3, 0.4) is 0 Å². The van der Waals surface area contributed by atoms with Crippen molar-refractivity contribution in [2.75, 3.05) is 0 Å². The standard InChI is InChI=1S/C8H9ClN4O/c1-5(2)13-4-10-3-6(13)7-11-8(9)14-12-7/h3-5H,1-2H3. The maximum atomic E-state index is 5.54. The summed E-state index contributed by atoms with van der Waals surface area (Å²) in [5.74, 6) is 0.459. The highest BCUT2D eigenvalue weighted by atomic mass is 35.5. The van der Waals surface area contributed by atoms with E-state index in [2.05, 4.69) is 19.6 Å². The Balaban J connectivity index is 2.46. The summed E-state index contributed by atoms with van der Waals surface area (Å²) >= 11 is 5.54. The minimum Gasteiger partial charge on any atom is -0.325 e. The molecule has 0 aliphatic heterocycles. The second kappa shape index (κ2) is 3.42. The normalized spacial score (nSPS) is 11.1. The number of nitrogens with zero attached hydrogens (tertiary/aromatic N) is 4. The first-order valence-electron chi connectivity index (χ1n) is 4.20. The predicted octanol–water partition coefficient (Wildman–Crippen LogP) is 2.17. The van der Waals surface area contributed by atoms with E-state index in [0.717, 1.165) is 5.69 Å². The molecule has 0 unspecified atom stereocenters. The molecule has 5 nitrogen and oxygen atoms in total. The Kier molecular flexibility index (Phi) is 2.25. The summed E-state index contributed by atoms with van der Waals surface area (Å²) in [6, 6.07) is 0.296. The van der Waals surface area contributed by atoms with Crippen LogP contribution in [-0.2, 0) is 0 Å². The molecule has 2 rings (SSSR count). The third kappa shape index (κ3) is 1.50. The number of halogens is 1. The molecule has 0 saturated heterocycles. The fourth-order valence-corrected chi connectivity index (χ4v) is 1.31. The first-order valence-corrected chi connectivity index (χ1v) is 4.57. The van der Waals surface area contributed by atoms with Crippen molar-refractivity contribution in [3.8, 4) is 11.5 Å². The fraction of sp³-hybridized carbons (Fsp3) is 0.375. The zero-order chi connectivity index (χ0) is 10.1. The van der Waals surface area contributed by atoms with Crippen LogP contribution in [0.15, 0.2) is 17.0 Å². The van der Waals surface area contributed by atoms with Crippen LogP contribution < -0.4 is 0 Å². The molecule has 74 valence electrons. The van der Waals surface area contributed by atoms with Crippen LogP contribution in [0.4, 0.5) is 0 Å². The van der Waals surface area contributed by atoms with E-state index >= 15 is 0 Å². The average Bonchev–Trinajstić information content (AvgIpc) is 2.70. The van der Waals surface area contributed by atoms with Gasteiger partial charge in [-0.2, -0.15) is 4.98 Å². The van der Waals surface area contributed by atoms with Gasteiger partial charge in [-0.3, -0.25) is 0 Å². The van der Waals surface area contributed by atoms with Crippen molar-refractivity contribution in [3.63, 3.8) is 0 Å². The summed E-state index contributed by atoms with van der Waals surface area (Å²) in [4.78, 5) is 7.95.